The standard InChI is InChI=1S/C17H22O3S2/c1-10(2)14(18)20-17-6-11-3-12(7-17)5-16(4-11,9-17)13-8-19-15(21)22-13/h11-13H,1,3-9H2,2H3. The fraction of sp³-hybridized carbons (Fsp3) is 0.765. The summed E-state index contributed by atoms with van der Waals surface area (Å²) in [5.74, 6) is 1.16. The summed E-state index contributed by atoms with van der Waals surface area (Å²) in [7, 11) is 0. The largest absolute Gasteiger partial charge is 0.477 e. The van der Waals surface area contributed by atoms with E-state index in [1.54, 1.807) is 18.7 Å². The predicted molar refractivity (Wildman–Crippen MR) is 90.7 cm³/mol. The van der Waals surface area contributed by atoms with E-state index in [0.717, 1.165) is 25.9 Å². The van der Waals surface area contributed by atoms with Crippen LogP contribution < -0.4 is 0 Å². The van der Waals surface area contributed by atoms with Gasteiger partial charge in [-0.25, -0.2) is 4.79 Å². The Morgan fingerprint density at radius 1 is 1.36 bits per heavy atom. The molecule has 0 N–H and O–H groups in total. The molecule has 4 saturated carbocycles. The first-order chi connectivity index (χ1) is 10.4. The van der Waals surface area contributed by atoms with Crippen LogP contribution in [0, 0.1) is 17.3 Å². The number of rotatable bonds is 3. The molecule has 0 aromatic heterocycles. The van der Waals surface area contributed by atoms with E-state index in [9.17, 15) is 4.79 Å². The lowest BCUT2D eigenvalue weighted by Gasteiger charge is -2.62. The van der Waals surface area contributed by atoms with Crippen LogP contribution in [-0.4, -0.2) is 27.8 Å². The third-order valence-corrected chi connectivity index (χ3v) is 7.62. The minimum atomic E-state index is -0.259. The molecule has 0 aromatic carbocycles. The summed E-state index contributed by atoms with van der Waals surface area (Å²) < 4.78 is 12.3. The molecule has 3 atom stereocenters. The van der Waals surface area contributed by atoms with Crippen LogP contribution in [0.2, 0.25) is 0 Å². The fourth-order valence-electron chi connectivity index (χ4n) is 5.66. The summed E-state index contributed by atoms with van der Waals surface area (Å²) in [5.41, 5.74) is 0.486. The summed E-state index contributed by atoms with van der Waals surface area (Å²) in [6.45, 7) is 6.21. The lowest BCUT2D eigenvalue weighted by Crippen LogP contribution is -2.60. The summed E-state index contributed by atoms with van der Waals surface area (Å²) in [6.07, 6.45) is 6.85. The molecule has 4 bridgehead atoms. The first kappa shape index (κ1) is 15.0. The summed E-state index contributed by atoms with van der Waals surface area (Å²) in [5, 5.41) is 0.439. The number of hydrogen-bond acceptors (Lipinski definition) is 5. The number of carbonyl (C=O) groups is 1. The average molecular weight is 338 g/mol. The van der Waals surface area contributed by atoms with Gasteiger partial charge in [-0.1, -0.05) is 18.3 Å². The van der Waals surface area contributed by atoms with Gasteiger partial charge in [-0.3, -0.25) is 0 Å². The molecule has 0 spiro atoms. The van der Waals surface area contributed by atoms with Crippen molar-refractivity contribution in [1.82, 2.24) is 0 Å². The van der Waals surface area contributed by atoms with Crippen LogP contribution in [0.5, 0.6) is 0 Å². The maximum Gasteiger partial charge on any atom is 0.333 e. The van der Waals surface area contributed by atoms with Crippen LogP contribution in [0.1, 0.15) is 45.4 Å². The van der Waals surface area contributed by atoms with E-state index in [4.69, 9.17) is 21.7 Å². The van der Waals surface area contributed by atoms with Gasteiger partial charge in [0, 0.05) is 5.57 Å². The second-order valence-corrected chi connectivity index (χ2v) is 9.65. The molecule has 120 valence electrons. The highest BCUT2D eigenvalue weighted by Gasteiger charge is 2.62. The van der Waals surface area contributed by atoms with Gasteiger partial charge < -0.3 is 9.47 Å². The van der Waals surface area contributed by atoms with Gasteiger partial charge >= 0.3 is 5.97 Å². The van der Waals surface area contributed by atoms with E-state index in [1.165, 1.54) is 19.3 Å². The van der Waals surface area contributed by atoms with E-state index in [0.29, 0.717) is 27.0 Å². The van der Waals surface area contributed by atoms with Gasteiger partial charge in [0.05, 0.1) is 5.25 Å². The minimum absolute atomic E-state index is 0.219. The molecule has 1 heterocycles. The zero-order valence-corrected chi connectivity index (χ0v) is 14.6. The van der Waals surface area contributed by atoms with Crippen LogP contribution in [0.3, 0.4) is 0 Å². The van der Waals surface area contributed by atoms with Crippen LogP contribution in [0.25, 0.3) is 0 Å². The first-order valence-electron chi connectivity index (χ1n) is 8.12. The molecule has 5 rings (SSSR count). The Hall–Kier alpha value is -0.550. The van der Waals surface area contributed by atoms with Crippen molar-refractivity contribution in [3.8, 4) is 0 Å². The van der Waals surface area contributed by atoms with Gasteiger partial charge in [-0.2, -0.15) is 0 Å². The molecule has 4 aliphatic carbocycles. The van der Waals surface area contributed by atoms with Crippen LogP contribution in [0.15, 0.2) is 12.2 Å². The molecule has 5 fully saturated rings. The lowest BCUT2D eigenvalue weighted by molar-refractivity contribution is -0.198. The highest BCUT2D eigenvalue weighted by atomic mass is 32.2. The quantitative estimate of drug-likeness (QED) is 0.443. The van der Waals surface area contributed by atoms with E-state index in [1.807, 2.05) is 0 Å². The molecule has 1 aliphatic heterocycles. The van der Waals surface area contributed by atoms with Gasteiger partial charge in [0.15, 0.2) is 0 Å². The smallest absolute Gasteiger partial charge is 0.333 e. The van der Waals surface area contributed by atoms with Crippen LogP contribution in [0.4, 0.5) is 0 Å². The monoisotopic (exact) mass is 338 g/mol. The van der Waals surface area contributed by atoms with Crippen molar-refractivity contribution < 1.29 is 14.3 Å². The summed E-state index contributed by atoms with van der Waals surface area (Å²) in [4.78, 5) is 12.1. The second kappa shape index (κ2) is 4.97. The Kier molecular flexibility index (Phi) is 3.39. The molecule has 0 radical (unpaired) electrons. The number of esters is 1. The third-order valence-electron chi connectivity index (χ3n) is 5.98. The van der Waals surface area contributed by atoms with Crippen molar-refractivity contribution in [2.45, 2.75) is 56.3 Å². The highest BCUT2D eigenvalue weighted by Crippen LogP contribution is 2.66. The van der Waals surface area contributed by atoms with E-state index in [-0.39, 0.29) is 17.0 Å². The molecule has 22 heavy (non-hydrogen) atoms. The molecular weight excluding hydrogens is 316 g/mol. The Balaban J connectivity index is 1.62. The highest BCUT2D eigenvalue weighted by molar-refractivity contribution is 8.23. The molecule has 3 nitrogen and oxygen atoms in total. The van der Waals surface area contributed by atoms with Crippen LogP contribution in [-0.2, 0) is 14.3 Å². The number of thioether (sulfide) groups is 1. The second-order valence-electron chi connectivity index (χ2n) is 7.84. The average Bonchev–Trinajstić information content (AvgIpc) is 2.84. The number of carbonyl (C=O) groups excluding carboxylic acids is 1. The van der Waals surface area contributed by atoms with Gasteiger partial charge in [0.1, 0.15) is 12.2 Å². The van der Waals surface area contributed by atoms with Crippen molar-refractivity contribution in [2.24, 2.45) is 17.3 Å². The van der Waals surface area contributed by atoms with Crippen molar-refractivity contribution in [1.29, 1.82) is 0 Å². The SMILES string of the molecule is C=C(C)C(=O)OC12CC3CC(C1)CC(C1COC(=S)S1)(C3)C2. The Morgan fingerprint density at radius 2 is 2.05 bits per heavy atom. The van der Waals surface area contributed by atoms with Gasteiger partial charge in [-0.05, 0) is 74.9 Å². The van der Waals surface area contributed by atoms with Crippen LogP contribution >= 0.6 is 24.0 Å². The Bertz CT molecular complexity index is 542. The fourth-order valence-corrected chi connectivity index (χ4v) is 7.10. The zero-order chi connectivity index (χ0) is 15.5. The Morgan fingerprint density at radius 3 is 2.59 bits per heavy atom. The van der Waals surface area contributed by atoms with Crippen molar-refractivity contribution in [2.75, 3.05) is 6.61 Å². The topological polar surface area (TPSA) is 35.5 Å². The van der Waals surface area contributed by atoms with Crippen molar-refractivity contribution >= 4 is 34.3 Å². The van der Waals surface area contributed by atoms with E-state index < -0.39 is 0 Å². The summed E-state index contributed by atoms with van der Waals surface area (Å²) in [6, 6.07) is 0. The number of ether oxygens (including phenoxy) is 2. The molecule has 0 amide bonds. The first-order valence-corrected chi connectivity index (χ1v) is 9.41. The molecule has 3 unspecified atom stereocenters. The maximum absolute atomic E-state index is 12.1. The van der Waals surface area contributed by atoms with E-state index >= 15 is 0 Å². The number of hydrogen-bond donors (Lipinski definition) is 0. The molecule has 5 heteroatoms. The predicted octanol–water partition coefficient (Wildman–Crippen LogP) is 3.86. The van der Waals surface area contributed by atoms with Gasteiger partial charge in [0.25, 0.3) is 0 Å². The molecular formula is C17H22O3S2. The minimum Gasteiger partial charge on any atom is -0.477 e. The zero-order valence-electron chi connectivity index (χ0n) is 12.9. The molecule has 1 saturated heterocycles. The molecule has 0 aromatic rings. The Labute approximate surface area is 141 Å². The molecule has 5 aliphatic rings. The lowest BCUT2D eigenvalue weighted by atomic mass is 9.47. The van der Waals surface area contributed by atoms with Crippen molar-refractivity contribution in [3.63, 3.8) is 0 Å². The maximum atomic E-state index is 12.1. The van der Waals surface area contributed by atoms with Gasteiger partial charge in [0.2, 0.25) is 4.38 Å². The number of thiocarbonyl (C=S) groups is 1. The normalized spacial score (nSPS) is 45.7. The summed E-state index contributed by atoms with van der Waals surface area (Å²) >= 11 is 6.96. The van der Waals surface area contributed by atoms with E-state index in [2.05, 4.69) is 6.58 Å². The van der Waals surface area contributed by atoms with Gasteiger partial charge in [-0.15, -0.1) is 0 Å². The third kappa shape index (κ3) is 2.32. The van der Waals surface area contributed by atoms with Crippen molar-refractivity contribution in [3.05, 3.63) is 12.2 Å².